The second-order valence-corrected chi connectivity index (χ2v) is 6.67. The summed E-state index contributed by atoms with van der Waals surface area (Å²) in [5.41, 5.74) is 1.90. The van der Waals surface area contributed by atoms with E-state index in [0.29, 0.717) is 21.4 Å². The third-order valence-electron chi connectivity index (χ3n) is 4.32. The van der Waals surface area contributed by atoms with Crippen molar-refractivity contribution in [3.8, 4) is 0 Å². The fourth-order valence-corrected chi connectivity index (χ4v) is 3.13. The van der Waals surface area contributed by atoms with Gasteiger partial charge < -0.3 is 15.1 Å². The number of aromatic nitrogens is 1. The van der Waals surface area contributed by atoms with Crippen molar-refractivity contribution in [3.63, 3.8) is 0 Å². The van der Waals surface area contributed by atoms with Gasteiger partial charge in [-0.3, -0.25) is 4.79 Å². The monoisotopic (exact) mass is 378 g/mol. The van der Waals surface area contributed by atoms with Crippen molar-refractivity contribution >= 4 is 40.5 Å². The van der Waals surface area contributed by atoms with Gasteiger partial charge in [0.2, 0.25) is 0 Å². The molecule has 1 saturated heterocycles. The van der Waals surface area contributed by atoms with E-state index in [1.807, 2.05) is 23.1 Å². The Kier molecular flexibility index (Phi) is 5.78. The summed E-state index contributed by atoms with van der Waals surface area (Å²) < 4.78 is 0. The van der Waals surface area contributed by atoms with Crippen molar-refractivity contribution in [2.45, 2.75) is 6.92 Å². The maximum Gasteiger partial charge on any atom is 0.272 e. The minimum Gasteiger partial charge on any atom is -0.353 e. The van der Waals surface area contributed by atoms with Crippen LogP contribution in [0.15, 0.2) is 36.5 Å². The Bertz CT molecular complexity index is 743. The predicted molar refractivity (Wildman–Crippen MR) is 102 cm³/mol. The fourth-order valence-electron chi connectivity index (χ4n) is 2.78. The number of nitrogens with zero attached hydrogens (tertiary/aromatic N) is 3. The fraction of sp³-hybridized carbons (Fsp3) is 0.333. The molecule has 0 unspecified atom stereocenters. The van der Waals surface area contributed by atoms with Gasteiger partial charge in [0, 0.05) is 26.2 Å². The first-order valence-corrected chi connectivity index (χ1v) is 9.03. The quantitative estimate of drug-likeness (QED) is 0.875. The van der Waals surface area contributed by atoms with Gasteiger partial charge in [-0.2, -0.15) is 0 Å². The van der Waals surface area contributed by atoms with Crippen molar-refractivity contribution in [2.75, 3.05) is 38.0 Å². The zero-order chi connectivity index (χ0) is 17.8. The molecule has 5 nitrogen and oxygen atoms in total. The van der Waals surface area contributed by atoms with E-state index in [4.69, 9.17) is 23.2 Å². The van der Waals surface area contributed by atoms with Gasteiger partial charge in [-0.05, 0) is 30.8 Å². The minimum atomic E-state index is -0.0249. The van der Waals surface area contributed by atoms with Crippen LogP contribution >= 0.6 is 23.2 Å². The first-order chi connectivity index (χ1) is 12.1. The topological polar surface area (TPSA) is 48.5 Å². The van der Waals surface area contributed by atoms with E-state index in [-0.39, 0.29) is 5.91 Å². The molecule has 1 aliphatic heterocycles. The molecule has 3 rings (SSSR count). The van der Waals surface area contributed by atoms with E-state index in [1.54, 1.807) is 18.3 Å². The van der Waals surface area contributed by atoms with Gasteiger partial charge in [-0.25, -0.2) is 4.98 Å². The Morgan fingerprint density at radius 3 is 2.56 bits per heavy atom. The summed E-state index contributed by atoms with van der Waals surface area (Å²) in [5.74, 6) is -0.0249. The number of hydrogen-bond acceptors (Lipinski definition) is 4. The second kappa shape index (κ2) is 8.04. The first kappa shape index (κ1) is 18.0. The normalized spacial score (nSPS) is 15.2. The molecule has 1 N–H and O–H groups in total. The second-order valence-electron chi connectivity index (χ2n) is 5.88. The molecule has 1 amide bonds. The predicted octanol–water partition coefficient (Wildman–Crippen LogP) is 3.91. The zero-order valence-corrected chi connectivity index (χ0v) is 15.5. The van der Waals surface area contributed by atoms with E-state index in [9.17, 15) is 4.79 Å². The largest absolute Gasteiger partial charge is 0.353 e. The molecule has 1 fully saturated rings. The number of likely N-dealkylation sites (N-methyl/N-ethyl adjacent to an activating group) is 1. The van der Waals surface area contributed by atoms with Crippen LogP contribution in [0.4, 0.5) is 11.4 Å². The summed E-state index contributed by atoms with van der Waals surface area (Å²) in [6.07, 6.45) is 1.63. The number of benzene rings is 1. The molecule has 2 heterocycles. The molecule has 0 radical (unpaired) electrons. The molecule has 25 heavy (non-hydrogen) atoms. The lowest BCUT2D eigenvalue weighted by Crippen LogP contribution is -2.48. The smallest absolute Gasteiger partial charge is 0.272 e. The van der Waals surface area contributed by atoms with Gasteiger partial charge in [-0.1, -0.05) is 36.2 Å². The molecule has 2 aromatic rings. The summed E-state index contributed by atoms with van der Waals surface area (Å²) in [6, 6.07) is 8.93. The number of nitrogens with one attached hydrogen (secondary N) is 1. The van der Waals surface area contributed by atoms with Gasteiger partial charge in [0.25, 0.3) is 5.91 Å². The van der Waals surface area contributed by atoms with Crippen molar-refractivity contribution < 1.29 is 4.79 Å². The maximum absolute atomic E-state index is 12.5. The van der Waals surface area contributed by atoms with Crippen molar-refractivity contribution in [1.82, 2.24) is 14.8 Å². The van der Waals surface area contributed by atoms with Crippen LogP contribution in [-0.4, -0.2) is 53.4 Å². The van der Waals surface area contributed by atoms with Crippen LogP contribution in [0.25, 0.3) is 0 Å². The number of anilines is 2. The average molecular weight is 379 g/mol. The molecule has 0 bridgehead atoms. The lowest BCUT2D eigenvalue weighted by molar-refractivity contribution is 0.0637. The molecule has 1 aromatic carbocycles. The molecule has 132 valence electrons. The van der Waals surface area contributed by atoms with E-state index in [1.165, 1.54) is 0 Å². The number of rotatable bonds is 4. The number of halogens is 2. The highest BCUT2D eigenvalue weighted by Gasteiger charge is 2.22. The molecule has 0 spiro atoms. The average Bonchev–Trinajstić information content (AvgIpc) is 2.65. The molecule has 0 aliphatic carbocycles. The molecule has 1 aromatic heterocycles. The first-order valence-electron chi connectivity index (χ1n) is 8.27. The number of amides is 1. The van der Waals surface area contributed by atoms with Crippen LogP contribution in [-0.2, 0) is 0 Å². The number of carbonyl (C=O) groups excluding carboxylic acids is 1. The Hall–Kier alpha value is -1.82. The minimum absolute atomic E-state index is 0.0249. The Labute approximate surface area is 157 Å². The highest BCUT2D eigenvalue weighted by Crippen LogP contribution is 2.31. The number of carbonyl (C=O) groups is 1. The van der Waals surface area contributed by atoms with Gasteiger partial charge in [0.1, 0.15) is 5.69 Å². The maximum atomic E-state index is 12.5. The van der Waals surface area contributed by atoms with Crippen molar-refractivity contribution in [2.24, 2.45) is 0 Å². The van der Waals surface area contributed by atoms with Crippen LogP contribution in [0.3, 0.4) is 0 Å². The summed E-state index contributed by atoms with van der Waals surface area (Å²) in [4.78, 5) is 21.0. The van der Waals surface area contributed by atoms with Crippen LogP contribution in [0.5, 0.6) is 0 Å². The Balaban J connectivity index is 1.66. The zero-order valence-electron chi connectivity index (χ0n) is 14.0. The lowest BCUT2D eigenvalue weighted by atomic mass is 10.2. The summed E-state index contributed by atoms with van der Waals surface area (Å²) in [6.45, 7) is 6.47. The van der Waals surface area contributed by atoms with Gasteiger partial charge in [0.15, 0.2) is 0 Å². The molecular weight excluding hydrogens is 359 g/mol. The number of hydrogen-bond donors (Lipinski definition) is 1. The lowest BCUT2D eigenvalue weighted by Gasteiger charge is -2.33. The molecular formula is C18H20Cl2N4O. The number of piperazine rings is 1. The van der Waals surface area contributed by atoms with Crippen LogP contribution in [0, 0.1) is 0 Å². The van der Waals surface area contributed by atoms with Crippen molar-refractivity contribution in [1.29, 1.82) is 0 Å². The molecule has 0 atom stereocenters. The van der Waals surface area contributed by atoms with E-state index in [0.717, 1.165) is 38.4 Å². The highest BCUT2D eigenvalue weighted by molar-refractivity contribution is 6.43. The van der Waals surface area contributed by atoms with Crippen LogP contribution < -0.4 is 5.32 Å². The SMILES string of the molecule is CCN1CCN(C(=O)c2ccc(Nc3cccc(Cl)c3Cl)cn2)CC1. The van der Waals surface area contributed by atoms with Crippen LogP contribution in [0.2, 0.25) is 10.0 Å². The highest BCUT2D eigenvalue weighted by atomic mass is 35.5. The van der Waals surface area contributed by atoms with Gasteiger partial charge >= 0.3 is 0 Å². The van der Waals surface area contributed by atoms with E-state index in [2.05, 4.69) is 22.1 Å². The summed E-state index contributed by atoms with van der Waals surface area (Å²) in [7, 11) is 0. The van der Waals surface area contributed by atoms with E-state index < -0.39 is 0 Å². The van der Waals surface area contributed by atoms with Crippen molar-refractivity contribution in [3.05, 3.63) is 52.3 Å². The molecule has 0 saturated carbocycles. The van der Waals surface area contributed by atoms with Crippen LogP contribution in [0.1, 0.15) is 17.4 Å². The molecule has 7 heteroatoms. The molecule has 1 aliphatic rings. The van der Waals surface area contributed by atoms with Gasteiger partial charge in [0.05, 0.1) is 27.6 Å². The van der Waals surface area contributed by atoms with Gasteiger partial charge in [-0.15, -0.1) is 0 Å². The van der Waals surface area contributed by atoms with E-state index >= 15 is 0 Å². The third kappa shape index (κ3) is 4.24. The standard InChI is InChI=1S/C18H20Cl2N4O/c1-2-23-8-10-24(11-9-23)18(25)16-7-6-13(12-21-16)22-15-5-3-4-14(19)17(15)20/h3-7,12,22H,2,8-11H2,1H3. The number of pyridine rings is 1. The Morgan fingerprint density at radius 1 is 1.16 bits per heavy atom. The third-order valence-corrected chi connectivity index (χ3v) is 5.14. The summed E-state index contributed by atoms with van der Waals surface area (Å²) >= 11 is 12.2. The Morgan fingerprint density at radius 2 is 1.92 bits per heavy atom. The summed E-state index contributed by atoms with van der Waals surface area (Å²) in [5, 5.41) is 4.10.